The van der Waals surface area contributed by atoms with Gasteiger partial charge in [0.25, 0.3) is 0 Å². The zero-order valence-electron chi connectivity index (χ0n) is 17.9. The lowest BCUT2D eigenvalue weighted by atomic mass is 10.0. The minimum Gasteiger partial charge on any atom is -0.346 e. The average Bonchev–Trinajstić information content (AvgIpc) is 3.60. The molecular formula is C24H26N8. The van der Waals surface area contributed by atoms with Gasteiger partial charge in [0.2, 0.25) is 0 Å². The summed E-state index contributed by atoms with van der Waals surface area (Å²) < 4.78 is 0. The lowest BCUT2D eigenvalue weighted by Crippen LogP contribution is -2.34. The summed E-state index contributed by atoms with van der Waals surface area (Å²) in [5.74, 6) is 2.06. The number of hydrogen-bond donors (Lipinski definition) is 2. The predicted octanol–water partition coefficient (Wildman–Crippen LogP) is 3.49. The van der Waals surface area contributed by atoms with E-state index in [-0.39, 0.29) is 6.04 Å². The molecule has 1 saturated heterocycles. The maximum Gasteiger partial charge on any atom is 0.137 e. The molecule has 6 rings (SSSR count). The average molecular weight is 427 g/mol. The van der Waals surface area contributed by atoms with E-state index in [2.05, 4.69) is 60.3 Å². The van der Waals surface area contributed by atoms with Crippen molar-refractivity contribution in [2.45, 2.75) is 38.4 Å². The van der Waals surface area contributed by atoms with Crippen LogP contribution in [0.2, 0.25) is 0 Å². The van der Waals surface area contributed by atoms with Gasteiger partial charge in [-0.15, -0.1) is 0 Å². The van der Waals surface area contributed by atoms with Crippen molar-refractivity contribution in [3.8, 4) is 11.3 Å². The first kappa shape index (κ1) is 19.2. The van der Waals surface area contributed by atoms with Crippen molar-refractivity contribution in [1.29, 1.82) is 0 Å². The fourth-order valence-corrected chi connectivity index (χ4v) is 4.96. The van der Waals surface area contributed by atoms with Crippen LogP contribution in [0, 0.1) is 0 Å². The molecule has 32 heavy (non-hydrogen) atoms. The van der Waals surface area contributed by atoms with E-state index in [0.717, 1.165) is 68.3 Å². The Hall–Kier alpha value is -3.52. The van der Waals surface area contributed by atoms with Gasteiger partial charge in [-0.3, -0.25) is 10.00 Å². The smallest absolute Gasteiger partial charge is 0.137 e. The standard InChI is InChI=1S/C24H26N8/c1-2-5-17(6-3-1)14-31-10-8-20-19(15-31)24(27-16-26-20)32-9-4-7-22(32)23-25-13-21(30-23)18-11-28-29-12-18/h1-3,5-6,11-13,16,22H,4,7-10,14-15H2,(H,25,30)(H,28,29)/t22-/m0/s1. The lowest BCUT2D eigenvalue weighted by Gasteiger charge is -2.33. The quantitative estimate of drug-likeness (QED) is 0.508. The molecule has 4 aromatic rings. The van der Waals surface area contributed by atoms with Crippen LogP contribution < -0.4 is 4.90 Å². The third-order valence-corrected chi connectivity index (χ3v) is 6.55. The molecule has 0 unspecified atom stereocenters. The number of benzene rings is 1. The van der Waals surface area contributed by atoms with Gasteiger partial charge in [0.15, 0.2) is 0 Å². The minimum atomic E-state index is 0.194. The van der Waals surface area contributed by atoms with Crippen molar-refractivity contribution < 1.29 is 0 Å². The number of hydrogen-bond acceptors (Lipinski definition) is 6. The van der Waals surface area contributed by atoms with Crippen LogP contribution >= 0.6 is 0 Å². The molecule has 0 spiro atoms. The monoisotopic (exact) mass is 426 g/mol. The van der Waals surface area contributed by atoms with E-state index in [4.69, 9.17) is 9.97 Å². The number of aromatic nitrogens is 6. The molecule has 3 aromatic heterocycles. The fourth-order valence-electron chi connectivity index (χ4n) is 4.96. The second-order valence-corrected chi connectivity index (χ2v) is 8.59. The van der Waals surface area contributed by atoms with E-state index in [9.17, 15) is 0 Å². The van der Waals surface area contributed by atoms with Crippen molar-refractivity contribution >= 4 is 5.82 Å². The predicted molar refractivity (Wildman–Crippen MR) is 122 cm³/mol. The number of anilines is 1. The molecule has 1 atom stereocenters. The summed E-state index contributed by atoms with van der Waals surface area (Å²) in [6.07, 6.45) is 10.5. The molecule has 8 nitrogen and oxygen atoms in total. The number of nitrogens with one attached hydrogen (secondary N) is 2. The first-order valence-corrected chi connectivity index (χ1v) is 11.2. The van der Waals surface area contributed by atoms with Crippen LogP contribution in [0.25, 0.3) is 11.3 Å². The zero-order valence-corrected chi connectivity index (χ0v) is 17.9. The van der Waals surface area contributed by atoms with E-state index in [1.54, 1.807) is 6.33 Å². The highest BCUT2D eigenvalue weighted by molar-refractivity contribution is 5.57. The number of fused-ring (bicyclic) bond motifs is 1. The summed E-state index contributed by atoms with van der Waals surface area (Å²) in [7, 11) is 0. The Morgan fingerprint density at radius 2 is 1.97 bits per heavy atom. The van der Waals surface area contributed by atoms with Gasteiger partial charge < -0.3 is 9.88 Å². The van der Waals surface area contributed by atoms with Crippen LogP contribution in [0.1, 0.15) is 41.5 Å². The SMILES string of the molecule is c1ccc(CN2CCc3ncnc(N4CCC[C@H]4c4ncc(-c5cn[nH]c5)[nH]4)c3C2)cc1. The van der Waals surface area contributed by atoms with Crippen LogP contribution in [0.3, 0.4) is 0 Å². The lowest BCUT2D eigenvalue weighted by molar-refractivity contribution is 0.243. The van der Waals surface area contributed by atoms with E-state index in [1.165, 1.54) is 16.8 Å². The van der Waals surface area contributed by atoms with E-state index < -0.39 is 0 Å². The van der Waals surface area contributed by atoms with Gasteiger partial charge in [-0.2, -0.15) is 5.10 Å². The molecule has 0 bridgehead atoms. The Kier molecular flexibility index (Phi) is 4.92. The van der Waals surface area contributed by atoms with Gasteiger partial charge >= 0.3 is 0 Å². The summed E-state index contributed by atoms with van der Waals surface area (Å²) >= 11 is 0. The Morgan fingerprint density at radius 3 is 2.84 bits per heavy atom. The summed E-state index contributed by atoms with van der Waals surface area (Å²) in [5.41, 5.74) is 5.80. The Morgan fingerprint density at radius 1 is 1.03 bits per heavy atom. The van der Waals surface area contributed by atoms with Crippen LogP contribution in [-0.2, 0) is 19.5 Å². The number of aromatic amines is 2. The number of H-pyrrole nitrogens is 2. The molecule has 162 valence electrons. The molecule has 0 saturated carbocycles. The van der Waals surface area contributed by atoms with Gasteiger partial charge in [0, 0.05) is 49.9 Å². The number of rotatable bonds is 5. The van der Waals surface area contributed by atoms with Crippen LogP contribution in [0.15, 0.2) is 55.2 Å². The third-order valence-electron chi connectivity index (χ3n) is 6.55. The largest absolute Gasteiger partial charge is 0.346 e. The van der Waals surface area contributed by atoms with Gasteiger partial charge in [-0.05, 0) is 18.4 Å². The third kappa shape index (κ3) is 3.56. The van der Waals surface area contributed by atoms with Crippen molar-refractivity contribution in [2.75, 3.05) is 18.0 Å². The maximum absolute atomic E-state index is 4.78. The van der Waals surface area contributed by atoms with E-state index in [0.29, 0.717) is 0 Å². The number of imidazole rings is 1. The highest BCUT2D eigenvalue weighted by Gasteiger charge is 2.33. The Labute approximate surface area is 186 Å². The first-order chi connectivity index (χ1) is 15.8. The molecule has 2 N–H and O–H groups in total. The second-order valence-electron chi connectivity index (χ2n) is 8.59. The topological polar surface area (TPSA) is 89.6 Å². The molecule has 8 heteroatoms. The first-order valence-electron chi connectivity index (χ1n) is 11.2. The van der Waals surface area contributed by atoms with Crippen molar-refractivity contribution in [1.82, 2.24) is 35.0 Å². The molecule has 0 aliphatic carbocycles. The molecule has 1 fully saturated rings. The van der Waals surface area contributed by atoms with Crippen molar-refractivity contribution in [3.05, 3.63) is 77.9 Å². The molecular weight excluding hydrogens is 400 g/mol. The summed E-state index contributed by atoms with van der Waals surface area (Å²) in [6, 6.07) is 10.9. The van der Waals surface area contributed by atoms with Gasteiger partial charge in [0.1, 0.15) is 18.0 Å². The summed E-state index contributed by atoms with van der Waals surface area (Å²) in [6.45, 7) is 3.83. The highest BCUT2D eigenvalue weighted by Crippen LogP contribution is 2.38. The summed E-state index contributed by atoms with van der Waals surface area (Å²) in [5, 5.41) is 6.92. The molecule has 5 heterocycles. The van der Waals surface area contributed by atoms with Gasteiger partial charge in [-0.25, -0.2) is 15.0 Å². The molecule has 2 aliphatic rings. The maximum atomic E-state index is 4.78. The Balaban J connectivity index is 1.27. The van der Waals surface area contributed by atoms with Crippen molar-refractivity contribution in [3.63, 3.8) is 0 Å². The summed E-state index contributed by atoms with van der Waals surface area (Å²) in [4.78, 5) is 22.6. The zero-order chi connectivity index (χ0) is 21.3. The second kappa shape index (κ2) is 8.20. The molecule has 1 aromatic carbocycles. The molecule has 2 aliphatic heterocycles. The fraction of sp³-hybridized carbons (Fsp3) is 0.333. The molecule has 0 amide bonds. The van der Waals surface area contributed by atoms with Crippen LogP contribution in [-0.4, -0.2) is 48.1 Å². The van der Waals surface area contributed by atoms with Gasteiger partial charge in [-0.1, -0.05) is 30.3 Å². The highest BCUT2D eigenvalue weighted by atomic mass is 15.3. The van der Waals surface area contributed by atoms with E-state index >= 15 is 0 Å². The van der Waals surface area contributed by atoms with Crippen LogP contribution in [0.4, 0.5) is 5.82 Å². The minimum absolute atomic E-state index is 0.194. The van der Waals surface area contributed by atoms with E-state index in [1.807, 2.05) is 18.6 Å². The van der Waals surface area contributed by atoms with Crippen molar-refractivity contribution in [2.24, 2.45) is 0 Å². The number of nitrogens with zero attached hydrogens (tertiary/aromatic N) is 6. The Bertz CT molecular complexity index is 1180. The molecule has 0 radical (unpaired) electrons. The van der Waals surface area contributed by atoms with Crippen LogP contribution in [0.5, 0.6) is 0 Å². The van der Waals surface area contributed by atoms with Gasteiger partial charge in [0.05, 0.1) is 29.8 Å². The normalized spacial score (nSPS) is 18.8.